The van der Waals surface area contributed by atoms with E-state index in [0.29, 0.717) is 24.9 Å². The molecule has 1 atom stereocenters. The number of hydrogen-bond donors (Lipinski definition) is 1. The van der Waals surface area contributed by atoms with Crippen molar-refractivity contribution in [3.63, 3.8) is 0 Å². The SMILES string of the molecule is CCC(CC)N(CCOC)c1ccc([C@@H](C)N)cc1F. The van der Waals surface area contributed by atoms with Gasteiger partial charge < -0.3 is 15.4 Å². The van der Waals surface area contributed by atoms with Gasteiger partial charge in [-0.05, 0) is 37.5 Å². The van der Waals surface area contributed by atoms with E-state index in [4.69, 9.17) is 10.5 Å². The van der Waals surface area contributed by atoms with Gasteiger partial charge in [0.25, 0.3) is 0 Å². The molecule has 0 radical (unpaired) electrons. The lowest BCUT2D eigenvalue weighted by Crippen LogP contribution is -2.37. The molecule has 0 aliphatic heterocycles. The van der Waals surface area contributed by atoms with Crippen LogP contribution in [0.3, 0.4) is 0 Å². The Balaban J connectivity index is 3.06. The fraction of sp³-hybridized carbons (Fsp3) is 0.625. The molecule has 114 valence electrons. The predicted octanol–water partition coefficient (Wildman–Crippen LogP) is 3.49. The Morgan fingerprint density at radius 3 is 2.40 bits per heavy atom. The Morgan fingerprint density at radius 1 is 1.30 bits per heavy atom. The van der Waals surface area contributed by atoms with Gasteiger partial charge >= 0.3 is 0 Å². The standard InChI is InChI=1S/C16H27FN2O/c1-5-14(6-2)19(9-10-20-4)16-8-7-13(12(3)18)11-15(16)17/h7-8,11-12,14H,5-6,9-10,18H2,1-4H3/t12-/m1/s1. The summed E-state index contributed by atoms with van der Waals surface area (Å²) in [6.07, 6.45) is 1.96. The normalized spacial score (nSPS) is 12.8. The quantitative estimate of drug-likeness (QED) is 0.793. The first-order chi connectivity index (χ1) is 9.54. The minimum atomic E-state index is -0.206. The van der Waals surface area contributed by atoms with Crippen molar-refractivity contribution in [1.29, 1.82) is 0 Å². The van der Waals surface area contributed by atoms with E-state index in [1.807, 2.05) is 19.1 Å². The summed E-state index contributed by atoms with van der Waals surface area (Å²) >= 11 is 0. The van der Waals surface area contributed by atoms with Gasteiger partial charge in [0.1, 0.15) is 5.82 Å². The van der Waals surface area contributed by atoms with Crippen molar-refractivity contribution in [3.8, 4) is 0 Å². The van der Waals surface area contributed by atoms with Crippen LogP contribution in [0.4, 0.5) is 10.1 Å². The minimum absolute atomic E-state index is 0.154. The number of benzene rings is 1. The van der Waals surface area contributed by atoms with Crippen LogP contribution in [0.2, 0.25) is 0 Å². The fourth-order valence-corrected chi connectivity index (χ4v) is 2.46. The molecule has 0 aromatic heterocycles. The number of anilines is 1. The molecule has 1 aromatic carbocycles. The number of halogens is 1. The van der Waals surface area contributed by atoms with Crippen molar-refractivity contribution in [3.05, 3.63) is 29.6 Å². The van der Waals surface area contributed by atoms with Gasteiger partial charge in [-0.1, -0.05) is 19.9 Å². The summed E-state index contributed by atoms with van der Waals surface area (Å²) < 4.78 is 19.5. The highest BCUT2D eigenvalue weighted by atomic mass is 19.1. The number of methoxy groups -OCH3 is 1. The predicted molar refractivity (Wildman–Crippen MR) is 82.6 cm³/mol. The largest absolute Gasteiger partial charge is 0.383 e. The van der Waals surface area contributed by atoms with Crippen LogP contribution in [0.5, 0.6) is 0 Å². The van der Waals surface area contributed by atoms with Crippen LogP contribution in [-0.2, 0) is 4.74 Å². The zero-order chi connectivity index (χ0) is 15.1. The number of rotatable bonds is 8. The average molecular weight is 282 g/mol. The van der Waals surface area contributed by atoms with Crippen molar-refractivity contribution in [1.82, 2.24) is 0 Å². The van der Waals surface area contributed by atoms with Gasteiger partial charge in [0, 0.05) is 25.7 Å². The molecule has 0 spiro atoms. The second-order valence-electron chi connectivity index (χ2n) is 5.16. The third kappa shape index (κ3) is 4.18. The lowest BCUT2D eigenvalue weighted by Gasteiger charge is -2.33. The topological polar surface area (TPSA) is 38.5 Å². The maximum atomic E-state index is 14.4. The Kier molecular flexibility index (Phi) is 6.96. The minimum Gasteiger partial charge on any atom is -0.383 e. The molecule has 1 aromatic rings. The van der Waals surface area contributed by atoms with E-state index in [9.17, 15) is 4.39 Å². The first kappa shape index (κ1) is 16.9. The van der Waals surface area contributed by atoms with Gasteiger partial charge in [0.05, 0.1) is 12.3 Å². The Hall–Kier alpha value is -1.13. The van der Waals surface area contributed by atoms with E-state index in [0.717, 1.165) is 18.4 Å². The molecule has 0 fully saturated rings. The van der Waals surface area contributed by atoms with Gasteiger partial charge in [-0.2, -0.15) is 0 Å². The van der Waals surface area contributed by atoms with Crippen LogP contribution in [0.1, 0.15) is 45.2 Å². The number of nitrogens with zero attached hydrogens (tertiary/aromatic N) is 1. The molecule has 3 nitrogen and oxygen atoms in total. The van der Waals surface area contributed by atoms with Crippen LogP contribution >= 0.6 is 0 Å². The lowest BCUT2D eigenvalue weighted by atomic mass is 10.1. The molecular weight excluding hydrogens is 255 g/mol. The van der Waals surface area contributed by atoms with Gasteiger partial charge in [0.15, 0.2) is 0 Å². The molecule has 0 aliphatic rings. The molecule has 0 bridgehead atoms. The molecule has 2 N–H and O–H groups in total. The van der Waals surface area contributed by atoms with Crippen molar-refractivity contribution in [2.75, 3.05) is 25.2 Å². The third-order valence-electron chi connectivity index (χ3n) is 3.73. The van der Waals surface area contributed by atoms with Crippen molar-refractivity contribution >= 4 is 5.69 Å². The number of nitrogens with two attached hydrogens (primary N) is 1. The van der Waals surface area contributed by atoms with E-state index in [1.165, 1.54) is 0 Å². The van der Waals surface area contributed by atoms with E-state index < -0.39 is 0 Å². The lowest BCUT2D eigenvalue weighted by molar-refractivity contribution is 0.202. The molecule has 0 aliphatic carbocycles. The summed E-state index contributed by atoms with van der Waals surface area (Å²) in [5.41, 5.74) is 7.26. The molecule has 20 heavy (non-hydrogen) atoms. The fourth-order valence-electron chi connectivity index (χ4n) is 2.46. The van der Waals surface area contributed by atoms with Crippen molar-refractivity contribution in [2.24, 2.45) is 5.73 Å². The molecular formula is C16H27FN2O. The first-order valence-electron chi connectivity index (χ1n) is 7.35. The van der Waals surface area contributed by atoms with Crippen molar-refractivity contribution < 1.29 is 9.13 Å². The second-order valence-corrected chi connectivity index (χ2v) is 5.16. The van der Waals surface area contributed by atoms with Crippen LogP contribution < -0.4 is 10.6 Å². The molecule has 0 saturated heterocycles. The summed E-state index contributed by atoms with van der Waals surface area (Å²) in [5, 5.41) is 0. The first-order valence-corrected chi connectivity index (χ1v) is 7.35. The average Bonchev–Trinajstić information content (AvgIpc) is 2.43. The second kappa shape index (κ2) is 8.22. The number of hydrogen-bond acceptors (Lipinski definition) is 3. The van der Waals surface area contributed by atoms with E-state index >= 15 is 0 Å². The molecule has 0 heterocycles. The summed E-state index contributed by atoms with van der Waals surface area (Å²) in [4.78, 5) is 2.10. The van der Waals surface area contributed by atoms with Gasteiger partial charge in [-0.15, -0.1) is 0 Å². The van der Waals surface area contributed by atoms with Gasteiger partial charge in [0.2, 0.25) is 0 Å². The highest BCUT2D eigenvalue weighted by Gasteiger charge is 2.19. The maximum Gasteiger partial charge on any atom is 0.146 e. The Labute approximate surface area is 121 Å². The smallest absolute Gasteiger partial charge is 0.146 e. The molecule has 4 heteroatoms. The molecule has 1 rings (SSSR count). The summed E-state index contributed by atoms with van der Waals surface area (Å²) in [6.45, 7) is 7.39. The highest BCUT2D eigenvalue weighted by molar-refractivity contribution is 5.50. The van der Waals surface area contributed by atoms with E-state index in [2.05, 4.69) is 18.7 Å². The van der Waals surface area contributed by atoms with Crippen LogP contribution in [-0.4, -0.2) is 26.3 Å². The monoisotopic (exact) mass is 282 g/mol. The van der Waals surface area contributed by atoms with E-state index in [-0.39, 0.29) is 11.9 Å². The van der Waals surface area contributed by atoms with E-state index in [1.54, 1.807) is 13.2 Å². The highest BCUT2D eigenvalue weighted by Crippen LogP contribution is 2.26. The zero-order valence-corrected chi connectivity index (χ0v) is 13.0. The Bertz CT molecular complexity index is 405. The molecule has 0 unspecified atom stereocenters. The third-order valence-corrected chi connectivity index (χ3v) is 3.73. The zero-order valence-electron chi connectivity index (χ0n) is 13.0. The van der Waals surface area contributed by atoms with Gasteiger partial charge in [-0.25, -0.2) is 4.39 Å². The molecule has 0 amide bonds. The van der Waals surface area contributed by atoms with Crippen LogP contribution in [0, 0.1) is 5.82 Å². The Morgan fingerprint density at radius 2 is 1.95 bits per heavy atom. The molecule has 0 saturated carbocycles. The summed E-state index contributed by atoms with van der Waals surface area (Å²) in [6, 6.07) is 5.45. The maximum absolute atomic E-state index is 14.4. The van der Waals surface area contributed by atoms with Crippen LogP contribution in [0.25, 0.3) is 0 Å². The van der Waals surface area contributed by atoms with Crippen molar-refractivity contribution in [2.45, 2.75) is 45.7 Å². The van der Waals surface area contributed by atoms with Gasteiger partial charge in [-0.3, -0.25) is 0 Å². The van der Waals surface area contributed by atoms with Crippen LogP contribution in [0.15, 0.2) is 18.2 Å². The summed E-state index contributed by atoms with van der Waals surface area (Å²) in [5.74, 6) is -0.206. The number of ether oxygens (including phenoxy) is 1. The summed E-state index contributed by atoms with van der Waals surface area (Å²) in [7, 11) is 1.67.